The van der Waals surface area contributed by atoms with E-state index >= 15 is 0 Å². The standard InChI is InChI=1S/C30H33FN4O6/c1-17-6-4-8-23(35-13-12-24(41-30(35)38)20-7-5-9-25(39-2)27(20)31)28-32-16-22(33-28)19-11-10-18(15-26(36)40-3)14-21(19)34-29(17)37/h5,7,9-11,14,16-17,23-24H,4,6,8,12-13,15H2,1-3H3,(H,32,33)(H,34,37)/t17-,23+,24?/m1/s1. The van der Waals surface area contributed by atoms with E-state index in [-0.39, 0.29) is 35.5 Å². The van der Waals surface area contributed by atoms with Gasteiger partial charge in [0, 0.05) is 30.0 Å². The number of halogens is 1. The zero-order valence-corrected chi connectivity index (χ0v) is 23.2. The Morgan fingerprint density at radius 1 is 1.17 bits per heavy atom. The van der Waals surface area contributed by atoms with Crippen molar-refractivity contribution in [3.8, 4) is 17.0 Å². The molecule has 2 aromatic carbocycles. The lowest BCUT2D eigenvalue weighted by Crippen LogP contribution is -2.42. The van der Waals surface area contributed by atoms with Crippen LogP contribution in [0.15, 0.2) is 42.6 Å². The lowest BCUT2D eigenvalue weighted by Gasteiger charge is -2.36. The summed E-state index contributed by atoms with van der Waals surface area (Å²) in [6.07, 6.45) is 2.64. The van der Waals surface area contributed by atoms with Gasteiger partial charge in [0.2, 0.25) is 5.91 Å². The number of hydrogen-bond acceptors (Lipinski definition) is 7. The summed E-state index contributed by atoms with van der Waals surface area (Å²) in [5, 5.41) is 3.01. The number of esters is 1. The number of carbonyl (C=O) groups excluding carboxylic acids is 3. The number of carbonyl (C=O) groups is 3. The van der Waals surface area contributed by atoms with Gasteiger partial charge in [-0.25, -0.2) is 14.2 Å². The molecule has 0 spiro atoms. The first kappa shape index (κ1) is 28.1. The van der Waals surface area contributed by atoms with Gasteiger partial charge in [0.1, 0.15) is 11.9 Å². The van der Waals surface area contributed by atoms with Crippen LogP contribution in [0.3, 0.4) is 0 Å². The summed E-state index contributed by atoms with van der Waals surface area (Å²) in [7, 11) is 2.72. The summed E-state index contributed by atoms with van der Waals surface area (Å²) in [6.45, 7) is 2.20. The molecule has 0 radical (unpaired) electrons. The number of nitrogens with zero attached hydrogens (tertiary/aromatic N) is 2. The number of H-pyrrole nitrogens is 1. The molecule has 5 rings (SSSR count). The summed E-state index contributed by atoms with van der Waals surface area (Å²) in [5.41, 5.74) is 2.88. The molecular weight excluding hydrogens is 531 g/mol. The smallest absolute Gasteiger partial charge is 0.411 e. The highest BCUT2D eigenvalue weighted by Gasteiger charge is 2.36. The molecule has 216 valence electrons. The maximum absolute atomic E-state index is 14.9. The van der Waals surface area contributed by atoms with E-state index in [0.717, 1.165) is 0 Å². The zero-order chi connectivity index (χ0) is 29.1. The predicted molar refractivity (Wildman–Crippen MR) is 148 cm³/mol. The van der Waals surface area contributed by atoms with Crippen molar-refractivity contribution in [3.63, 3.8) is 0 Å². The maximum Gasteiger partial charge on any atom is 0.411 e. The SMILES string of the molecule is COC(=O)Cc1ccc2c(c1)NC(=O)[C@H](C)CCC[C@H](N1CCC(c3cccc(OC)c3F)OC1=O)c1ncc-2[nH]1. The van der Waals surface area contributed by atoms with Gasteiger partial charge in [0.15, 0.2) is 11.6 Å². The average Bonchev–Trinajstić information content (AvgIpc) is 3.45. The van der Waals surface area contributed by atoms with Crippen molar-refractivity contribution in [2.24, 2.45) is 5.92 Å². The first-order chi connectivity index (χ1) is 19.8. The molecule has 10 nitrogen and oxygen atoms in total. The van der Waals surface area contributed by atoms with Crippen LogP contribution < -0.4 is 10.1 Å². The summed E-state index contributed by atoms with van der Waals surface area (Å²) >= 11 is 0. The van der Waals surface area contributed by atoms with Crippen LogP contribution in [-0.2, 0) is 25.5 Å². The number of aromatic nitrogens is 2. The van der Waals surface area contributed by atoms with Crippen LogP contribution in [0.4, 0.5) is 14.9 Å². The number of methoxy groups -OCH3 is 2. The van der Waals surface area contributed by atoms with Crippen molar-refractivity contribution in [1.82, 2.24) is 14.9 Å². The molecule has 41 heavy (non-hydrogen) atoms. The van der Waals surface area contributed by atoms with Gasteiger partial charge < -0.3 is 24.5 Å². The number of benzene rings is 2. The molecule has 0 aliphatic carbocycles. The largest absolute Gasteiger partial charge is 0.494 e. The highest BCUT2D eigenvalue weighted by molar-refractivity contribution is 5.96. The van der Waals surface area contributed by atoms with E-state index in [1.807, 2.05) is 13.0 Å². The third-order valence-corrected chi connectivity index (χ3v) is 7.73. The molecular formula is C30H33FN4O6. The number of imidazole rings is 1. The van der Waals surface area contributed by atoms with Crippen molar-refractivity contribution < 1.29 is 33.0 Å². The van der Waals surface area contributed by atoms with Crippen LogP contribution in [0.1, 0.15) is 61.7 Å². The Labute approximate surface area is 237 Å². The Morgan fingerprint density at radius 3 is 2.76 bits per heavy atom. The maximum atomic E-state index is 14.9. The highest BCUT2D eigenvalue weighted by Crippen LogP contribution is 2.38. The minimum absolute atomic E-state index is 0.0727. The van der Waals surface area contributed by atoms with E-state index in [1.54, 1.807) is 35.4 Å². The summed E-state index contributed by atoms with van der Waals surface area (Å²) < 4.78 is 30.5. The van der Waals surface area contributed by atoms with E-state index in [9.17, 15) is 18.8 Å². The predicted octanol–water partition coefficient (Wildman–Crippen LogP) is 5.32. The third kappa shape index (κ3) is 5.89. The molecule has 3 atom stereocenters. The third-order valence-electron chi connectivity index (χ3n) is 7.73. The molecule has 1 saturated heterocycles. The fraction of sp³-hybridized carbons (Fsp3) is 0.400. The molecule has 0 saturated carbocycles. The number of amides is 2. The molecule has 1 unspecified atom stereocenters. The Kier molecular flexibility index (Phi) is 8.23. The molecule has 2 bridgehead atoms. The summed E-state index contributed by atoms with van der Waals surface area (Å²) in [4.78, 5) is 47.8. The number of anilines is 1. The number of cyclic esters (lactones) is 1. The molecule has 3 aromatic rings. The second kappa shape index (κ2) is 12.0. The van der Waals surface area contributed by atoms with Crippen molar-refractivity contribution in [2.45, 2.75) is 51.2 Å². The molecule has 2 aliphatic rings. The van der Waals surface area contributed by atoms with Crippen molar-refractivity contribution in [2.75, 3.05) is 26.1 Å². The molecule has 11 heteroatoms. The number of rotatable bonds is 5. The second-order valence-corrected chi connectivity index (χ2v) is 10.4. The van der Waals surface area contributed by atoms with E-state index in [4.69, 9.17) is 14.2 Å². The van der Waals surface area contributed by atoms with Crippen LogP contribution in [0.2, 0.25) is 0 Å². The quantitative estimate of drug-likeness (QED) is 0.402. The number of aromatic amines is 1. The molecule has 3 heterocycles. The second-order valence-electron chi connectivity index (χ2n) is 10.4. The van der Waals surface area contributed by atoms with Gasteiger partial charge in [-0.05, 0) is 30.5 Å². The Hall–Kier alpha value is -4.41. The van der Waals surface area contributed by atoms with Crippen molar-refractivity contribution >= 4 is 23.7 Å². The molecule has 2 aliphatic heterocycles. The highest BCUT2D eigenvalue weighted by atomic mass is 19.1. The monoisotopic (exact) mass is 564 g/mol. The molecule has 1 aromatic heterocycles. The summed E-state index contributed by atoms with van der Waals surface area (Å²) in [5.74, 6) is -0.662. The minimum atomic E-state index is -0.734. The topological polar surface area (TPSA) is 123 Å². The first-order valence-electron chi connectivity index (χ1n) is 13.6. The lowest BCUT2D eigenvalue weighted by molar-refractivity contribution is -0.139. The fourth-order valence-electron chi connectivity index (χ4n) is 5.40. The molecule has 2 N–H and O–H groups in total. The van der Waals surface area contributed by atoms with Crippen LogP contribution in [-0.4, -0.2) is 53.6 Å². The number of hydrogen-bond donors (Lipinski definition) is 2. The van der Waals surface area contributed by atoms with Gasteiger partial charge in [0.05, 0.1) is 44.3 Å². The first-order valence-corrected chi connectivity index (χ1v) is 13.6. The van der Waals surface area contributed by atoms with Gasteiger partial charge in [-0.1, -0.05) is 37.6 Å². The Morgan fingerprint density at radius 2 is 2.00 bits per heavy atom. The van der Waals surface area contributed by atoms with Crippen LogP contribution in [0, 0.1) is 11.7 Å². The van der Waals surface area contributed by atoms with E-state index in [0.29, 0.717) is 60.6 Å². The van der Waals surface area contributed by atoms with E-state index in [2.05, 4.69) is 15.3 Å². The average molecular weight is 565 g/mol. The van der Waals surface area contributed by atoms with Crippen LogP contribution in [0.25, 0.3) is 11.3 Å². The number of fused-ring (bicyclic) bond motifs is 4. The van der Waals surface area contributed by atoms with Gasteiger partial charge in [-0.2, -0.15) is 0 Å². The van der Waals surface area contributed by atoms with E-state index < -0.39 is 24.1 Å². The normalized spacial score (nSPS) is 21.1. The van der Waals surface area contributed by atoms with Gasteiger partial charge in [0.25, 0.3) is 0 Å². The van der Waals surface area contributed by atoms with Crippen molar-refractivity contribution in [1.29, 1.82) is 0 Å². The number of ether oxygens (including phenoxy) is 3. The van der Waals surface area contributed by atoms with Crippen LogP contribution in [0.5, 0.6) is 5.75 Å². The van der Waals surface area contributed by atoms with Crippen LogP contribution >= 0.6 is 0 Å². The van der Waals surface area contributed by atoms with Gasteiger partial charge >= 0.3 is 12.1 Å². The Balaban J connectivity index is 1.43. The lowest BCUT2D eigenvalue weighted by atomic mass is 9.97. The van der Waals surface area contributed by atoms with Gasteiger partial charge in [-0.3, -0.25) is 14.5 Å². The molecule has 2 amide bonds. The van der Waals surface area contributed by atoms with Gasteiger partial charge in [-0.15, -0.1) is 0 Å². The summed E-state index contributed by atoms with van der Waals surface area (Å²) in [6, 6.07) is 9.75. The zero-order valence-electron chi connectivity index (χ0n) is 23.2. The number of nitrogens with one attached hydrogen (secondary N) is 2. The minimum Gasteiger partial charge on any atom is -0.494 e. The fourth-order valence-corrected chi connectivity index (χ4v) is 5.40. The van der Waals surface area contributed by atoms with Crippen molar-refractivity contribution in [3.05, 3.63) is 65.4 Å². The van der Waals surface area contributed by atoms with E-state index in [1.165, 1.54) is 20.3 Å². The molecule has 1 fully saturated rings. The Bertz CT molecular complexity index is 1460.